The molecule has 3 aliphatic carbocycles. The molecule has 0 heterocycles. The van der Waals surface area contributed by atoms with Gasteiger partial charge in [0.2, 0.25) is 0 Å². The first-order valence-electron chi connectivity index (χ1n) is 10.0. The van der Waals surface area contributed by atoms with E-state index in [0.717, 1.165) is 17.5 Å². The van der Waals surface area contributed by atoms with Gasteiger partial charge in [0.1, 0.15) is 5.78 Å². The molecular weight excluding hydrogens is 351 g/mol. The Morgan fingerprint density at radius 3 is 1.93 bits per heavy atom. The number of hydrogen-bond acceptors (Lipinski definition) is 2. The summed E-state index contributed by atoms with van der Waals surface area (Å²) < 4.78 is 14.2. The van der Waals surface area contributed by atoms with Crippen molar-refractivity contribution >= 4 is 12.9 Å². The van der Waals surface area contributed by atoms with Crippen LogP contribution in [-0.4, -0.2) is 11.9 Å². The van der Waals surface area contributed by atoms with Crippen LogP contribution in [-0.2, 0) is 21.7 Å². The predicted molar refractivity (Wildman–Crippen MR) is 111 cm³/mol. The van der Waals surface area contributed by atoms with E-state index in [9.17, 15) is 9.36 Å². The Hall–Kier alpha value is -1.66. The van der Waals surface area contributed by atoms with Crippen molar-refractivity contribution in [3.63, 3.8) is 0 Å². The van der Waals surface area contributed by atoms with Gasteiger partial charge in [0.05, 0.1) is 7.14 Å². The molecule has 2 bridgehead atoms. The van der Waals surface area contributed by atoms with E-state index in [1.165, 1.54) is 0 Å². The second-order valence-electron chi connectivity index (χ2n) is 9.17. The molecule has 3 heteroatoms. The molecule has 2 aromatic rings. The van der Waals surface area contributed by atoms with E-state index >= 15 is 0 Å². The molecule has 3 aliphatic rings. The van der Waals surface area contributed by atoms with Crippen LogP contribution in [0.2, 0.25) is 0 Å². The summed E-state index contributed by atoms with van der Waals surface area (Å²) in [5, 5.41) is 0. The van der Waals surface area contributed by atoms with Crippen LogP contribution in [0, 0.1) is 23.2 Å². The number of hydrogen-bond donors (Lipinski definition) is 0. The van der Waals surface area contributed by atoms with Crippen LogP contribution in [0.15, 0.2) is 60.7 Å². The van der Waals surface area contributed by atoms with E-state index in [2.05, 4.69) is 38.1 Å². The first-order chi connectivity index (χ1) is 12.9. The Labute approximate surface area is 162 Å². The highest BCUT2D eigenvalue weighted by atomic mass is 31.2. The molecule has 142 valence electrons. The number of ketones is 1. The van der Waals surface area contributed by atoms with Gasteiger partial charge in [-0.15, -0.1) is 0 Å². The van der Waals surface area contributed by atoms with Crippen molar-refractivity contribution in [3.05, 3.63) is 71.8 Å². The average Bonchev–Trinajstić information content (AvgIpc) is 2.64. The first kappa shape index (κ1) is 18.7. The lowest BCUT2D eigenvalue weighted by Gasteiger charge is -2.59. The minimum absolute atomic E-state index is 0.0248. The Bertz CT molecular complexity index is 811. The van der Waals surface area contributed by atoms with Gasteiger partial charge in [-0.3, -0.25) is 4.79 Å². The molecule has 0 saturated heterocycles. The van der Waals surface area contributed by atoms with Crippen LogP contribution in [0.5, 0.6) is 0 Å². The van der Waals surface area contributed by atoms with Crippen molar-refractivity contribution in [2.75, 3.05) is 6.16 Å². The van der Waals surface area contributed by atoms with Gasteiger partial charge < -0.3 is 4.57 Å². The average molecular weight is 380 g/mol. The maximum absolute atomic E-state index is 14.2. The zero-order valence-corrected chi connectivity index (χ0v) is 17.2. The third kappa shape index (κ3) is 3.69. The molecular formula is C24H29O2P. The summed E-state index contributed by atoms with van der Waals surface area (Å²) in [6, 6.07) is 20.3. The summed E-state index contributed by atoms with van der Waals surface area (Å²) >= 11 is 0. The summed E-state index contributed by atoms with van der Waals surface area (Å²) in [5.74, 6) is 1.28. The van der Waals surface area contributed by atoms with E-state index in [1.54, 1.807) is 0 Å². The monoisotopic (exact) mass is 380 g/mol. The molecule has 5 rings (SSSR count). The molecule has 3 saturated carbocycles. The Kier molecular flexibility index (Phi) is 4.89. The highest BCUT2D eigenvalue weighted by Gasteiger charge is 2.58. The largest absolute Gasteiger partial charge is 0.323 e. The van der Waals surface area contributed by atoms with Crippen LogP contribution in [0.4, 0.5) is 0 Å². The lowest BCUT2D eigenvalue weighted by molar-refractivity contribution is -0.152. The molecule has 0 unspecified atom stereocenters. The van der Waals surface area contributed by atoms with Crippen molar-refractivity contribution in [2.45, 2.75) is 39.0 Å². The lowest BCUT2D eigenvalue weighted by Crippen LogP contribution is -2.56. The van der Waals surface area contributed by atoms with Crippen molar-refractivity contribution in [1.82, 2.24) is 0 Å². The Morgan fingerprint density at radius 2 is 1.44 bits per heavy atom. The number of Topliss-reactive ketones (excluding diaryl/α,β-unsaturated/α-hetero) is 1. The molecule has 0 spiro atoms. The van der Waals surface area contributed by atoms with E-state index < -0.39 is 7.14 Å². The summed E-state index contributed by atoms with van der Waals surface area (Å²) in [4.78, 5) is 12.8. The van der Waals surface area contributed by atoms with E-state index in [0.29, 0.717) is 42.5 Å². The smallest absolute Gasteiger partial charge is 0.137 e. The van der Waals surface area contributed by atoms with Crippen molar-refractivity contribution in [3.8, 4) is 0 Å². The minimum atomic E-state index is -2.56. The van der Waals surface area contributed by atoms with Gasteiger partial charge in [0, 0.05) is 30.8 Å². The predicted octanol–water partition coefficient (Wildman–Crippen LogP) is 6.00. The Morgan fingerprint density at radius 1 is 0.926 bits per heavy atom. The normalized spacial score (nSPS) is 26.4. The molecule has 3 fully saturated rings. The minimum Gasteiger partial charge on any atom is -0.323 e. The van der Waals surface area contributed by atoms with E-state index in [1.807, 2.05) is 36.4 Å². The maximum Gasteiger partial charge on any atom is 0.137 e. The van der Waals surface area contributed by atoms with Gasteiger partial charge in [-0.05, 0) is 34.8 Å². The molecule has 0 aromatic heterocycles. The number of rotatable bonds is 6. The van der Waals surface area contributed by atoms with Gasteiger partial charge in [-0.25, -0.2) is 0 Å². The second kappa shape index (κ2) is 7.06. The number of carbonyl (C=O) groups is 1. The molecule has 3 atom stereocenters. The lowest BCUT2D eigenvalue weighted by atomic mass is 9.45. The third-order valence-electron chi connectivity index (χ3n) is 7.05. The van der Waals surface area contributed by atoms with Gasteiger partial charge in [-0.2, -0.15) is 0 Å². The summed E-state index contributed by atoms with van der Waals surface area (Å²) in [6.45, 7) is 4.59. The summed E-state index contributed by atoms with van der Waals surface area (Å²) in [7, 11) is -2.56. The molecule has 2 nitrogen and oxygen atoms in total. The van der Waals surface area contributed by atoms with Crippen molar-refractivity contribution in [1.29, 1.82) is 0 Å². The zero-order valence-electron chi connectivity index (χ0n) is 16.3. The molecule has 0 aliphatic heterocycles. The van der Waals surface area contributed by atoms with Gasteiger partial charge in [0.25, 0.3) is 0 Å². The second-order valence-corrected chi connectivity index (χ2v) is 12.3. The molecule has 27 heavy (non-hydrogen) atoms. The highest BCUT2D eigenvalue weighted by Crippen LogP contribution is 2.64. The topological polar surface area (TPSA) is 34.1 Å². The van der Waals surface area contributed by atoms with Gasteiger partial charge in [0.15, 0.2) is 0 Å². The summed E-state index contributed by atoms with van der Waals surface area (Å²) in [5.41, 5.74) is 2.46. The fraction of sp³-hybridized carbons (Fsp3) is 0.458. The fourth-order valence-electron chi connectivity index (χ4n) is 5.31. The summed E-state index contributed by atoms with van der Waals surface area (Å²) in [6.07, 6.45) is 3.56. The highest BCUT2D eigenvalue weighted by molar-refractivity contribution is 7.62. The fourth-order valence-corrected chi connectivity index (χ4v) is 8.61. The molecule has 0 N–H and O–H groups in total. The van der Waals surface area contributed by atoms with Crippen LogP contribution in [0.3, 0.4) is 0 Å². The number of carbonyl (C=O) groups excluding carboxylic acids is 1. The van der Waals surface area contributed by atoms with Crippen molar-refractivity contribution < 1.29 is 9.36 Å². The molecule has 0 amide bonds. The van der Waals surface area contributed by atoms with E-state index in [4.69, 9.17) is 0 Å². The quantitative estimate of drug-likeness (QED) is 0.576. The van der Waals surface area contributed by atoms with Crippen LogP contribution < -0.4 is 0 Å². The standard InChI is InChI=1S/C24H29O2P/c1-24(2)20-13-22(24)21(23(25)14-20)17-27(26,15-18-9-5-3-6-10-18)16-19-11-7-4-8-12-19/h3-12,20-22H,13-17H2,1-2H3/t20-,21-,22+/m0/s1. The van der Waals surface area contributed by atoms with Gasteiger partial charge in [-0.1, -0.05) is 74.5 Å². The SMILES string of the molecule is CC1(C)[C@@H]2CC(=O)[C@@H](CP(=O)(Cc3ccccc3)Cc3ccccc3)[C@H]1C2. The number of benzene rings is 2. The van der Waals surface area contributed by atoms with Crippen LogP contribution in [0.25, 0.3) is 0 Å². The molecule has 0 radical (unpaired) electrons. The Balaban J connectivity index is 1.61. The van der Waals surface area contributed by atoms with E-state index in [-0.39, 0.29) is 11.3 Å². The number of fused-ring (bicyclic) bond motifs is 2. The van der Waals surface area contributed by atoms with Crippen LogP contribution in [0.1, 0.15) is 37.8 Å². The third-order valence-corrected chi connectivity index (χ3v) is 9.99. The maximum atomic E-state index is 14.2. The zero-order chi connectivity index (χ0) is 19.1. The van der Waals surface area contributed by atoms with Crippen molar-refractivity contribution in [2.24, 2.45) is 23.2 Å². The van der Waals surface area contributed by atoms with Crippen LogP contribution >= 0.6 is 7.14 Å². The van der Waals surface area contributed by atoms with Gasteiger partial charge >= 0.3 is 0 Å². The first-order valence-corrected chi connectivity index (χ1v) is 12.3. The molecule has 2 aromatic carbocycles.